The van der Waals surface area contributed by atoms with Gasteiger partial charge in [-0.1, -0.05) is 0 Å². The molecule has 2 nitrogen and oxygen atoms in total. The van der Waals surface area contributed by atoms with Gasteiger partial charge in [0.25, 0.3) is 0 Å². The molecule has 0 amide bonds. The van der Waals surface area contributed by atoms with E-state index < -0.39 is 4.93 Å². The van der Waals surface area contributed by atoms with Crippen molar-refractivity contribution in [3.63, 3.8) is 0 Å². The molecule has 1 aliphatic rings. The molecule has 0 aromatic rings. The lowest BCUT2D eigenvalue weighted by molar-refractivity contribution is 0.103. The summed E-state index contributed by atoms with van der Waals surface area (Å²) in [5, 5.41) is 9.34. The fraction of sp³-hybridized carbons (Fsp3) is 1.00. The van der Waals surface area contributed by atoms with Crippen molar-refractivity contribution in [1.29, 1.82) is 0 Å². The molecule has 1 aliphatic heterocycles. The van der Waals surface area contributed by atoms with E-state index in [2.05, 4.69) is 0 Å². The highest BCUT2D eigenvalue weighted by Crippen LogP contribution is 2.28. The van der Waals surface area contributed by atoms with Crippen molar-refractivity contribution in [2.75, 3.05) is 19.5 Å². The minimum atomic E-state index is -0.569. The highest BCUT2D eigenvalue weighted by atomic mass is 32.2. The van der Waals surface area contributed by atoms with Gasteiger partial charge in [0.05, 0.1) is 13.2 Å². The molecule has 48 valence electrons. The molecule has 3 heteroatoms. The molecule has 8 heavy (non-hydrogen) atoms. The lowest BCUT2D eigenvalue weighted by Crippen LogP contribution is -2.22. The molecule has 1 atom stereocenters. The van der Waals surface area contributed by atoms with Crippen molar-refractivity contribution < 1.29 is 9.84 Å². The van der Waals surface area contributed by atoms with Crippen LogP contribution >= 0.6 is 11.8 Å². The Labute approximate surface area is 53.2 Å². The van der Waals surface area contributed by atoms with Gasteiger partial charge in [-0.3, -0.25) is 0 Å². The van der Waals surface area contributed by atoms with E-state index in [4.69, 9.17) is 4.74 Å². The van der Waals surface area contributed by atoms with Gasteiger partial charge >= 0.3 is 0 Å². The topological polar surface area (TPSA) is 29.5 Å². The second-order valence-corrected chi connectivity index (χ2v) is 3.12. The first-order valence-electron chi connectivity index (χ1n) is 2.62. The highest BCUT2D eigenvalue weighted by molar-refractivity contribution is 7.99. The monoisotopic (exact) mass is 134 g/mol. The first kappa shape index (κ1) is 6.39. The van der Waals surface area contributed by atoms with E-state index in [9.17, 15) is 5.11 Å². The molecule has 1 unspecified atom stereocenters. The third-order valence-electron chi connectivity index (χ3n) is 1.34. The van der Waals surface area contributed by atoms with E-state index in [-0.39, 0.29) is 0 Å². The summed E-state index contributed by atoms with van der Waals surface area (Å²) in [7, 11) is 0. The molecule has 0 spiro atoms. The Hall–Kier alpha value is 0.270. The van der Waals surface area contributed by atoms with E-state index in [1.807, 2.05) is 6.26 Å². The van der Waals surface area contributed by atoms with Gasteiger partial charge in [0.1, 0.15) is 4.93 Å². The molecule has 1 rings (SSSR count). The molecule has 1 saturated heterocycles. The predicted molar refractivity (Wildman–Crippen MR) is 33.9 cm³/mol. The van der Waals surface area contributed by atoms with Crippen molar-refractivity contribution in [3.8, 4) is 0 Å². The van der Waals surface area contributed by atoms with Gasteiger partial charge < -0.3 is 9.84 Å². The normalized spacial score (nSPS) is 38.2. The molecule has 0 aromatic heterocycles. The molecule has 0 saturated carbocycles. The van der Waals surface area contributed by atoms with E-state index in [0.29, 0.717) is 13.2 Å². The maximum absolute atomic E-state index is 9.34. The van der Waals surface area contributed by atoms with Gasteiger partial charge in [0, 0.05) is 6.42 Å². The van der Waals surface area contributed by atoms with Crippen molar-refractivity contribution in [2.45, 2.75) is 11.4 Å². The van der Waals surface area contributed by atoms with Crippen LogP contribution in [-0.2, 0) is 4.74 Å². The van der Waals surface area contributed by atoms with Crippen LogP contribution in [0.4, 0.5) is 0 Å². The fourth-order valence-corrected chi connectivity index (χ4v) is 1.19. The van der Waals surface area contributed by atoms with Crippen LogP contribution in [0.2, 0.25) is 0 Å². The van der Waals surface area contributed by atoms with E-state index in [1.54, 1.807) is 0 Å². The summed E-state index contributed by atoms with van der Waals surface area (Å²) in [4.78, 5) is -0.569. The van der Waals surface area contributed by atoms with Gasteiger partial charge in [0.2, 0.25) is 0 Å². The molecule has 0 radical (unpaired) electrons. The lowest BCUT2D eigenvalue weighted by Gasteiger charge is -2.15. The summed E-state index contributed by atoms with van der Waals surface area (Å²) in [6.45, 7) is 1.20. The standard InChI is InChI=1S/C5H10O2S/c1-8-5(6)2-3-7-4-5/h6H,2-4H2,1H3. The van der Waals surface area contributed by atoms with Crippen molar-refractivity contribution >= 4 is 11.8 Å². The van der Waals surface area contributed by atoms with Gasteiger partial charge in [-0.05, 0) is 6.26 Å². The van der Waals surface area contributed by atoms with Crippen LogP contribution in [0.5, 0.6) is 0 Å². The van der Waals surface area contributed by atoms with Crippen LogP contribution in [0.25, 0.3) is 0 Å². The van der Waals surface area contributed by atoms with E-state index in [0.717, 1.165) is 6.42 Å². The fourth-order valence-electron chi connectivity index (χ4n) is 0.696. The summed E-state index contributed by atoms with van der Waals surface area (Å²) in [6, 6.07) is 0. The van der Waals surface area contributed by atoms with Crippen LogP contribution in [-0.4, -0.2) is 29.5 Å². The van der Waals surface area contributed by atoms with Crippen molar-refractivity contribution in [2.24, 2.45) is 0 Å². The molecular weight excluding hydrogens is 124 g/mol. The van der Waals surface area contributed by atoms with Crippen molar-refractivity contribution in [3.05, 3.63) is 0 Å². The highest BCUT2D eigenvalue weighted by Gasteiger charge is 2.30. The maximum atomic E-state index is 9.34. The van der Waals surface area contributed by atoms with Crippen LogP contribution in [0.3, 0.4) is 0 Å². The van der Waals surface area contributed by atoms with Crippen LogP contribution in [0.15, 0.2) is 0 Å². The number of ether oxygens (including phenoxy) is 1. The first-order chi connectivity index (χ1) is 3.77. The third-order valence-corrected chi connectivity index (χ3v) is 2.43. The first-order valence-corrected chi connectivity index (χ1v) is 3.85. The number of thioether (sulfide) groups is 1. The summed E-state index contributed by atoms with van der Waals surface area (Å²) < 4.78 is 4.98. The van der Waals surface area contributed by atoms with Crippen LogP contribution in [0, 0.1) is 0 Å². The summed E-state index contributed by atoms with van der Waals surface area (Å²) in [5.74, 6) is 0. The molecule has 0 aliphatic carbocycles. The zero-order chi connectivity index (χ0) is 6.04. The summed E-state index contributed by atoms with van der Waals surface area (Å²) in [5.41, 5.74) is 0. The van der Waals surface area contributed by atoms with Gasteiger partial charge in [-0.2, -0.15) is 0 Å². The Morgan fingerprint density at radius 1 is 1.75 bits per heavy atom. The largest absolute Gasteiger partial charge is 0.377 e. The van der Waals surface area contributed by atoms with Crippen molar-refractivity contribution in [1.82, 2.24) is 0 Å². The molecule has 1 fully saturated rings. The van der Waals surface area contributed by atoms with Gasteiger partial charge in [-0.15, -0.1) is 11.8 Å². The van der Waals surface area contributed by atoms with Gasteiger partial charge in [0.15, 0.2) is 0 Å². The molecule has 1 N–H and O–H groups in total. The number of aliphatic hydroxyl groups is 1. The zero-order valence-electron chi connectivity index (χ0n) is 4.89. The molecule has 0 bridgehead atoms. The minimum Gasteiger partial charge on any atom is -0.377 e. The van der Waals surface area contributed by atoms with Crippen LogP contribution in [0.1, 0.15) is 6.42 Å². The number of hydrogen-bond donors (Lipinski definition) is 1. The quantitative estimate of drug-likeness (QED) is 0.528. The molecular formula is C5H10O2S. The van der Waals surface area contributed by atoms with Gasteiger partial charge in [-0.25, -0.2) is 0 Å². The Kier molecular flexibility index (Phi) is 1.80. The SMILES string of the molecule is CSC1(O)CCOC1. The summed E-state index contributed by atoms with van der Waals surface area (Å²) in [6.07, 6.45) is 2.67. The lowest BCUT2D eigenvalue weighted by atomic mass is 10.3. The maximum Gasteiger partial charge on any atom is 0.135 e. The predicted octanol–water partition coefficient (Wildman–Crippen LogP) is 0.458. The minimum absolute atomic E-state index is 0.494. The van der Waals surface area contributed by atoms with Crippen LogP contribution < -0.4 is 0 Å². The Bertz CT molecular complexity index is 78.5. The second-order valence-electron chi connectivity index (χ2n) is 1.95. The molecule has 0 aromatic carbocycles. The Balaban J connectivity index is 2.40. The average Bonchev–Trinajstić information content (AvgIpc) is 2.17. The molecule has 1 heterocycles. The summed E-state index contributed by atoms with van der Waals surface area (Å²) >= 11 is 1.47. The van der Waals surface area contributed by atoms with E-state index >= 15 is 0 Å². The second kappa shape index (κ2) is 2.25. The number of rotatable bonds is 1. The number of hydrogen-bond acceptors (Lipinski definition) is 3. The smallest absolute Gasteiger partial charge is 0.135 e. The van der Waals surface area contributed by atoms with E-state index in [1.165, 1.54) is 11.8 Å². The average molecular weight is 134 g/mol. The third kappa shape index (κ3) is 1.16. The zero-order valence-corrected chi connectivity index (χ0v) is 5.70. The Morgan fingerprint density at radius 2 is 2.50 bits per heavy atom. The Morgan fingerprint density at radius 3 is 2.75 bits per heavy atom.